The van der Waals surface area contributed by atoms with Crippen molar-refractivity contribution >= 4 is 10.0 Å². The Labute approximate surface area is 127 Å². The van der Waals surface area contributed by atoms with E-state index in [4.69, 9.17) is 5.11 Å². The van der Waals surface area contributed by atoms with Gasteiger partial charge in [-0.05, 0) is 44.5 Å². The lowest BCUT2D eigenvalue weighted by molar-refractivity contribution is 0.178. The highest BCUT2D eigenvalue weighted by atomic mass is 32.2. The molecule has 0 spiro atoms. The molecule has 0 saturated carbocycles. The molecular weight excluding hydrogens is 288 g/mol. The van der Waals surface area contributed by atoms with Gasteiger partial charge in [-0.15, -0.1) is 0 Å². The molecule has 1 aliphatic heterocycles. The second-order valence-corrected chi connectivity index (χ2v) is 7.66. The molecular formula is C15H24N2O3S. The molecule has 2 rings (SSSR count). The fourth-order valence-electron chi connectivity index (χ4n) is 2.73. The summed E-state index contributed by atoms with van der Waals surface area (Å²) in [6, 6.07) is 7.47. The average molecular weight is 312 g/mol. The summed E-state index contributed by atoms with van der Waals surface area (Å²) in [6.45, 7) is 2.95. The third kappa shape index (κ3) is 4.78. The van der Waals surface area contributed by atoms with Gasteiger partial charge in [0.15, 0.2) is 0 Å². The number of aliphatic hydroxyl groups excluding tert-OH is 1. The van der Waals surface area contributed by atoms with Gasteiger partial charge >= 0.3 is 0 Å². The summed E-state index contributed by atoms with van der Waals surface area (Å²) in [5.74, 6) is -0.0401. The molecule has 1 aromatic rings. The van der Waals surface area contributed by atoms with Crippen LogP contribution in [0.2, 0.25) is 0 Å². The first-order valence-electron chi connectivity index (χ1n) is 7.28. The molecule has 0 aromatic heterocycles. The quantitative estimate of drug-likeness (QED) is 0.854. The Kier molecular flexibility index (Phi) is 5.37. The van der Waals surface area contributed by atoms with Gasteiger partial charge in [0.05, 0.1) is 12.4 Å². The van der Waals surface area contributed by atoms with Crippen molar-refractivity contribution in [3.05, 3.63) is 35.4 Å². The lowest BCUT2D eigenvalue weighted by Gasteiger charge is -2.35. The smallest absolute Gasteiger partial charge is 0.216 e. The summed E-state index contributed by atoms with van der Waals surface area (Å²) in [6.07, 6.45) is 1.68. The van der Waals surface area contributed by atoms with E-state index in [9.17, 15) is 8.42 Å². The number of rotatable bonds is 5. The summed E-state index contributed by atoms with van der Waals surface area (Å²) >= 11 is 0. The maximum Gasteiger partial charge on any atom is 0.216 e. The van der Waals surface area contributed by atoms with E-state index < -0.39 is 10.0 Å². The first-order chi connectivity index (χ1) is 9.89. The molecule has 1 aliphatic rings. The molecule has 6 heteroatoms. The molecule has 0 radical (unpaired) electrons. The van der Waals surface area contributed by atoms with Crippen LogP contribution in [0.25, 0.3) is 0 Å². The van der Waals surface area contributed by atoms with Gasteiger partial charge in [0, 0.05) is 12.1 Å². The zero-order valence-corrected chi connectivity index (χ0v) is 13.4. The van der Waals surface area contributed by atoms with Crippen LogP contribution >= 0.6 is 0 Å². The highest BCUT2D eigenvalue weighted by molar-refractivity contribution is 7.88. The normalized spacial score (nSPS) is 24.1. The van der Waals surface area contributed by atoms with E-state index in [1.54, 1.807) is 24.3 Å². The van der Waals surface area contributed by atoms with Gasteiger partial charge in [0.2, 0.25) is 10.0 Å². The number of nitrogens with one attached hydrogen (secondary N) is 1. The highest BCUT2D eigenvalue weighted by Crippen LogP contribution is 2.17. The minimum absolute atomic E-state index is 0.0159. The number of benzene rings is 1. The largest absolute Gasteiger partial charge is 0.392 e. The Morgan fingerprint density at radius 1 is 1.38 bits per heavy atom. The predicted molar refractivity (Wildman–Crippen MR) is 83.2 cm³/mol. The van der Waals surface area contributed by atoms with Crippen LogP contribution in [-0.2, 0) is 22.4 Å². The van der Waals surface area contributed by atoms with Crippen LogP contribution < -0.4 is 4.72 Å². The molecule has 2 atom stereocenters. The van der Waals surface area contributed by atoms with Crippen molar-refractivity contribution in [1.29, 1.82) is 0 Å². The van der Waals surface area contributed by atoms with Gasteiger partial charge in [-0.1, -0.05) is 24.3 Å². The van der Waals surface area contributed by atoms with Gasteiger partial charge in [0.25, 0.3) is 0 Å². The maximum absolute atomic E-state index is 12.3. The van der Waals surface area contributed by atoms with Crippen LogP contribution in [-0.4, -0.2) is 44.1 Å². The molecule has 1 saturated heterocycles. The summed E-state index contributed by atoms with van der Waals surface area (Å²) in [4.78, 5) is 2.25. The van der Waals surface area contributed by atoms with Crippen molar-refractivity contribution in [2.75, 3.05) is 13.6 Å². The Hall–Kier alpha value is -0.950. The highest BCUT2D eigenvalue weighted by Gasteiger charge is 2.26. The monoisotopic (exact) mass is 312 g/mol. The van der Waals surface area contributed by atoms with Crippen LogP contribution in [0.3, 0.4) is 0 Å². The van der Waals surface area contributed by atoms with Crippen molar-refractivity contribution in [2.45, 2.75) is 44.2 Å². The van der Waals surface area contributed by atoms with E-state index in [2.05, 4.69) is 23.6 Å². The minimum Gasteiger partial charge on any atom is -0.392 e. The second kappa shape index (κ2) is 6.87. The molecule has 0 aliphatic carbocycles. The summed E-state index contributed by atoms with van der Waals surface area (Å²) in [5.41, 5.74) is 1.44. The van der Waals surface area contributed by atoms with Gasteiger partial charge in [-0.25, -0.2) is 13.1 Å². The minimum atomic E-state index is -3.35. The number of hydrogen-bond donors (Lipinski definition) is 2. The molecule has 0 bridgehead atoms. The van der Waals surface area contributed by atoms with E-state index in [0.717, 1.165) is 24.9 Å². The fourth-order valence-corrected chi connectivity index (χ4v) is 4.15. The number of hydrogen-bond acceptors (Lipinski definition) is 4. The Morgan fingerprint density at radius 2 is 2.10 bits per heavy atom. The SMILES string of the molecule is CC1CC(NS(=O)(=O)Cc2cccc(CO)c2)CCN1C. The Balaban J connectivity index is 1.98. The third-order valence-electron chi connectivity index (χ3n) is 4.09. The van der Waals surface area contributed by atoms with Gasteiger partial charge in [-0.2, -0.15) is 0 Å². The van der Waals surface area contributed by atoms with Crippen molar-refractivity contribution in [3.8, 4) is 0 Å². The molecule has 21 heavy (non-hydrogen) atoms. The van der Waals surface area contributed by atoms with E-state index in [0.29, 0.717) is 11.6 Å². The van der Waals surface area contributed by atoms with Crippen LogP contribution in [0.5, 0.6) is 0 Å². The number of likely N-dealkylation sites (tertiary alicyclic amines) is 1. The molecule has 1 aromatic carbocycles. The van der Waals surface area contributed by atoms with Crippen molar-refractivity contribution < 1.29 is 13.5 Å². The van der Waals surface area contributed by atoms with Gasteiger partial charge in [0.1, 0.15) is 0 Å². The third-order valence-corrected chi connectivity index (χ3v) is 5.49. The molecule has 2 unspecified atom stereocenters. The van der Waals surface area contributed by atoms with Crippen LogP contribution in [0.1, 0.15) is 30.9 Å². The van der Waals surface area contributed by atoms with E-state index in [-0.39, 0.29) is 18.4 Å². The first-order valence-corrected chi connectivity index (χ1v) is 8.94. The molecule has 1 fully saturated rings. The Morgan fingerprint density at radius 3 is 2.76 bits per heavy atom. The fraction of sp³-hybridized carbons (Fsp3) is 0.600. The van der Waals surface area contributed by atoms with Crippen molar-refractivity contribution in [3.63, 3.8) is 0 Å². The Bertz CT molecular complexity index is 574. The number of piperidine rings is 1. The maximum atomic E-state index is 12.3. The zero-order valence-electron chi connectivity index (χ0n) is 12.6. The standard InChI is InChI=1S/C15H24N2O3S/c1-12-8-15(6-7-17(12)2)16-21(19,20)11-14-5-3-4-13(9-14)10-18/h3-5,9,12,15-16,18H,6-8,10-11H2,1-2H3. The number of nitrogens with zero attached hydrogens (tertiary/aromatic N) is 1. The van der Waals surface area contributed by atoms with Crippen molar-refractivity contribution in [2.24, 2.45) is 0 Å². The van der Waals surface area contributed by atoms with Crippen LogP contribution in [0.4, 0.5) is 0 Å². The number of sulfonamides is 1. The van der Waals surface area contributed by atoms with Gasteiger partial charge < -0.3 is 10.0 Å². The topological polar surface area (TPSA) is 69.6 Å². The zero-order chi connectivity index (χ0) is 15.5. The molecule has 118 valence electrons. The molecule has 0 amide bonds. The summed E-state index contributed by atoms with van der Waals surface area (Å²) in [7, 11) is -1.29. The van der Waals surface area contributed by atoms with Gasteiger partial charge in [-0.3, -0.25) is 0 Å². The van der Waals surface area contributed by atoms with E-state index in [1.165, 1.54) is 0 Å². The average Bonchev–Trinajstić information content (AvgIpc) is 2.42. The lowest BCUT2D eigenvalue weighted by Crippen LogP contribution is -2.47. The second-order valence-electron chi connectivity index (χ2n) is 5.91. The predicted octanol–water partition coefficient (Wildman–Crippen LogP) is 1.08. The number of aliphatic hydroxyl groups is 1. The van der Waals surface area contributed by atoms with E-state index >= 15 is 0 Å². The first kappa shape index (κ1) is 16.4. The molecule has 2 N–H and O–H groups in total. The van der Waals surface area contributed by atoms with Crippen LogP contribution in [0.15, 0.2) is 24.3 Å². The summed E-state index contributed by atoms with van der Waals surface area (Å²) < 4.78 is 27.4. The molecule has 5 nitrogen and oxygen atoms in total. The summed E-state index contributed by atoms with van der Waals surface area (Å²) in [5, 5.41) is 9.11. The lowest BCUT2D eigenvalue weighted by atomic mass is 10.0. The molecule has 1 heterocycles. The van der Waals surface area contributed by atoms with Crippen LogP contribution in [0, 0.1) is 0 Å². The van der Waals surface area contributed by atoms with Crippen molar-refractivity contribution in [1.82, 2.24) is 9.62 Å². The van der Waals surface area contributed by atoms with E-state index in [1.807, 2.05) is 0 Å².